The Balaban J connectivity index is 2.51. The number of carbonyl (C=O) groups is 9. The first-order valence-corrected chi connectivity index (χ1v) is 16.3. The number of aliphatic carboxylic acids is 1. The van der Waals surface area contributed by atoms with E-state index in [4.69, 9.17) is 9.84 Å². The van der Waals surface area contributed by atoms with Crippen LogP contribution in [-0.2, 0) is 59.2 Å². The molecule has 0 aliphatic heterocycles. The van der Waals surface area contributed by atoms with Crippen molar-refractivity contribution in [2.24, 2.45) is 11.8 Å². The Bertz CT molecular complexity index is 1370. The monoisotopic (exact) mass is 720 g/mol. The lowest BCUT2D eigenvalue weighted by Gasteiger charge is -2.22. The zero-order valence-electron chi connectivity index (χ0n) is 29.2. The Morgan fingerprint density at radius 1 is 0.725 bits per heavy atom. The summed E-state index contributed by atoms with van der Waals surface area (Å²) in [5, 5.41) is 23.5. The van der Waals surface area contributed by atoms with Gasteiger partial charge in [0.25, 0.3) is 6.47 Å². The number of amides is 6. The van der Waals surface area contributed by atoms with E-state index in [-0.39, 0.29) is 50.8 Å². The van der Waals surface area contributed by atoms with E-state index in [1.807, 2.05) is 0 Å². The molecule has 0 saturated carbocycles. The molecule has 0 fully saturated rings. The van der Waals surface area contributed by atoms with Crippen molar-refractivity contribution in [1.82, 2.24) is 26.6 Å². The normalized spacial score (nSPS) is 11.8. The average molecular weight is 721 g/mol. The first kappa shape index (κ1) is 43.6. The number of benzene rings is 1. The molecule has 0 aliphatic carbocycles. The quantitative estimate of drug-likeness (QED) is 0.0482. The van der Waals surface area contributed by atoms with Crippen LogP contribution in [0.25, 0.3) is 0 Å². The van der Waals surface area contributed by atoms with Crippen molar-refractivity contribution in [2.45, 2.75) is 72.1 Å². The number of carbonyl (C=O) groups excluding carboxylic acids is 8. The largest absolute Gasteiger partial charge is 0.481 e. The molecule has 18 heteroatoms. The van der Waals surface area contributed by atoms with Gasteiger partial charge in [0.2, 0.25) is 35.4 Å². The number of ether oxygens (including phenoxy) is 2. The van der Waals surface area contributed by atoms with Gasteiger partial charge < -0.3 is 46.5 Å². The average Bonchev–Trinajstić information content (AvgIpc) is 3.08. The van der Waals surface area contributed by atoms with Gasteiger partial charge in [-0.1, -0.05) is 39.8 Å². The summed E-state index contributed by atoms with van der Waals surface area (Å²) in [6.07, 6.45) is -0.655. The summed E-state index contributed by atoms with van der Waals surface area (Å²) in [6, 6.07) is 4.16. The number of ketones is 1. The van der Waals surface area contributed by atoms with Crippen LogP contribution in [0.2, 0.25) is 0 Å². The van der Waals surface area contributed by atoms with E-state index in [1.165, 1.54) is 0 Å². The molecule has 0 spiro atoms. The van der Waals surface area contributed by atoms with Crippen LogP contribution in [0.5, 0.6) is 0 Å². The second-order valence-electron chi connectivity index (χ2n) is 11.9. The number of anilines is 1. The molecule has 51 heavy (non-hydrogen) atoms. The molecule has 0 heterocycles. The second kappa shape index (κ2) is 23.9. The van der Waals surface area contributed by atoms with Gasteiger partial charge in [-0.2, -0.15) is 0 Å². The first-order valence-electron chi connectivity index (χ1n) is 16.3. The summed E-state index contributed by atoms with van der Waals surface area (Å²) in [5.41, 5.74) is 1.15. The predicted molar refractivity (Wildman–Crippen MR) is 180 cm³/mol. The molecule has 0 bridgehead atoms. The van der Waals surface area contributed by atoms with Crippen LogP contribution in [0.3, 0.4) is 0 Å². The zero-order valence-corrected chi connectivity index (χ0v) is 29.2. The lowest BCUT2D eigenvalue weighted by atomic mass is 10.0. The van der Waals surface area contributed by atoms with Crippen molar-refractivity contribution < 1.29 is 57.7 Å². The molecule has 18 nitrogen and oxygen atoms in total. The molecule has 0 radical (unpaired) electrons. The molecule has 1 aromatic carbocycles. The lowest BCUT2D eigenvalue weighted by Crippen LogP contribution is -2.53. The maximum absolute atomic E-state index is 12.7. The highest BCUT2D eigenvalue weighted by molar-refractivity contribution is 5.96. The topological polar surface area (TPSA) is 264 Å². The van der Waals surface area contributed by atoms with Crippen molar-refractivity contribution in [3.05, 3.63) is 29.8 Å². The fraction of sp³-hybridized carbons (Fsp3) is 0.545. The van der Waals surface area contributed by atoms with Gasteiger partial charge in [0, 0.05) is 30.9 Å². The van der Waals surface area contributed by atoms with Gasteiger partial charge in [-0.3, -0.25) is 43.2 Å². The number of hydrogen-bond acceptors (Lipinski definition) is 11. The highest BCUT2D eigenvalue weighted by atomic mass is 16.5. The molecule has 1 rings (SSSR count). The molecular formula is C33H48N6O12. The van der Waals surface area contributed by atoms with Crippen LogP contribution in [0.4, 0.5) is 5.69 Å². The Morgan fingerprint density at radius 2 is 1.33 bits per heavy atom. The van der Waals surface area contributed by atoms with E-state index in [0.717, 1.165) is 0 Å². The minimum absolute atomic E-state index is 0.0149. The molecular weight excluding hydrogens is 672 g/mol. The van der Waals surface area contributed by atoms with E-state index in [2.05, 4.69) is 36.6 Å². The summed E-state index contributed by atoms with van der Waals surface area (Å²) >= 11 is 0. The zero-order chi connectivity index (χ0) is 38.3. The van der Waals surface area contributed by atoms with Gasteiger partial charge in [-0.05, 0) is 30.0 Å². The Hall–Kier alpha value is -5.39. The van der Waals surface area contributed by atoms with Crippen molar-refractivity contribution in [1.29, 1.82) is 0 Å². The van der Waals surface area contributed by atoms with Crippen LogP contribution in [-0.4, -0.2) is 104 Å². The van der Waals surface area contributed by atoms with Crippen LogP contribution < -0.4 is 31.9 Å². The summed E-state index contributed by atoms with van der Waals surface area (Å²) in [6.45, 7) is 5.81. The van der Waals surface area contributed by atoms with Gasteiger partial charge in [-0.25, -0.2) is 0 Å². The third kappa shape index (κ3) is 19.4. The maximum Gasteiger partial charge on any atom is 0.303 e. The third-order valence-corrected chi connectivity index (χ3v) is 7.02. The van der Waals surface area contributed by atoms with E-state index >= 15 is 0 Å². The van der Waals surface area contributed by atoms with E-state index in [9.17, 15) is 43.2 Å². The Kier molecular flexibility index (Phi) is 20.4. The van der Waals surface area contributed by atoms with Crippen molar-refractivity contribution >= 4 is 59.4 Å². The predicted octanol–water partition coefficient (Wildman–Crippen LogP) is -0.841. The van der Waals surface area contributed by atoms with E-state index in [1.54, 1.807) is 52.0 Å². The first-order chi connectivity index (χ1) is 24.1. The summed E-state index contributed by atoms with van der Waals surface area (Å²) in [4.78, 5) is 108. The molecule has 0 aliphatic rings. The number of hydrogen-bond donors (Lipinski definition) is 7. The van der Waals surface area contributed by atoms with Gasteiger partial charge in [0.05, 0.1) is 32.8 Å². The minimum atomic E-state index is -1.27. The molecule has 2 atom stereocenters. The smallest absolute Gasteiger partial charge is 0.303 e. The Morgan fingerprint density at radius 3 is 1.94 bits per heavy atom. The fourth-order valence-corrected chi connectivity index (χ4v) is 4.12. The number of rotatable bonds is 25. The molecule has 0 saturated heterocycles. The highest BCUT2D eigenvalue weighted by Crippen LogP contribution is 2.10. The standard InChI is InChI=1S/C33H48N6O12/c1-20(2)25(41)11-13-50-14-12-26(42)38-24(9-10-30(46)47)32(48)35-15-27(43)34-16-29(45)39-31(21(3)4)33(49)36-17-28(44)37-23-7-5-22(6-8-23)18-51-19-40/h5-8,19-21,24,31H,9-18H2,1-4H3,(H,34,43)(H,35,48)(H,36,49)(H,37,44)(H,38,42)(H,39,45)(H,46,47). The number of carboxylic acids is 1. The molecule has 282 valence electrons. The SMILES string of the molecule is CC(C)C(=O)CCOCCC(=O)NC(CCC(=O)O)C(=O)NCC(=O)NCC(=O)NC(C(=O)NCC(=O)Nc1ccc(COC=O)cc1)C(C)C. The molecule has 0 aromatic heterocycles. The Labute approximate surface area is 295 Å². The summed E-state index contributed by atoms with van der Waals surface area (Å²) in [7, 11) is 0. The van der Waals surface area contributed by atoms with Crippen LogP contribution in [0.15, 0.2) is 24.3 Å². The molecule has 2 unspecified atom stereocenters. The molecule has 7 N–H and O–H groups in total. The number of carboxylic acid groups (broad SMARTS) is 1. The van der Waals surface area contributed by atoms with Gasteiger partial charge in [0.1, 0.15) is 24.5 Å². The minimum Gasteiger partial charge on any atom is -0.481 e. The van der Waals surface area contributed by atoms with Crippen LogP contribution >= 0.6 is 0 Å². The van der Waals surface area contributed by atoms with Crippen LogP contribution in [0, 0.1) is 11.8 Å². The van der Waals surface area contributed by atoms with E-state index < -0.39 is 85.5 Å². The fourth-order valence-electron chi connectivity index (χ4n) is 4.12. The summed E-state index contributed by atoms with van der Waals surface area (Å²) in [5.74, 6) is -5.83. The van der Waals surface area contributed by atoms with Crippen molar-refractivity contribution in [2.75, 3.05) is 38.2 Å². The lowest BCUT2D eigenvalue weighted by molar-refractivity contribution is -0.138. The van der Waals surface area contributed by atoms with E-state index in [0.29, 0.717) is 17.7 Å². The van der Waals surface area contributed by atoms with Gasteiger partial charge >= 0.3 is 5.97 Å². The molecule has 1 aromatic rings. The van der Waals surface area contributed by atoms with Crippen molar-refractivity contribution in [3.63, 3.8) is 0 Å². The van der Waals surface area contributed by atoms with Gasteiger partial charge in [0.15, 0.2) is 0 Å². The maximum atomic E-state index is 12.7. The highest BCUT2D eigenvalue weighted by Gasteiger charge is 2.25. The number of nitrogens with one attached hydrogen (secondary N) is 6. The van der Waals surface area contributed by atoms with Crippen LogP contribution in [0.1, 0.15) is 58.9 Å². The second-order valence-corrected chi connectivity index (χ2v) is 11.9. The summed E-state index contributed by atoms with van der Waals surface area (Å²) < 4.78 is 9.94. The number of Topliss-reactive ketones (excluding diaryl/α,β-unsaturated/α-hetero) is 1. The van der Waals surface area contributed by atoms with Crippen molar-refractivity contribution in [3.8, 4) is 0 Å². The van der Waals surface area contributed by atoms with Gasteiger partial charge in [-0.15, -0.1) is 0 Å². The third-order valence-electron chi connectivity index (χ3n) is 7.02. The molecule has 6 amide bonds.